The molecule has 0 unspecified atom stereocenters. The second kappa shape index (κ2) is 8.98. The van der Waals surface area contributed by atoms with Gasteiger partial charge in [-0.1, -0.05) is 13.8 Å². The molecule has 0 aromatic heterocycles. The summed E-state index contributed by atoms with van der Waals surface area (Å²) in [5, 5.41) is 9.06. The number of aliphatic carboxylic acids is 1. The normalized spacial score (nSPS) is 16.4. The molecule has 7 heteroatoms. The smallest absolute Gasteiger partial charge is 0.323 e. The molecular weight excluding hydrogens is 337 g/mol. The summed E-state index contributed by atoms with van der Waals surface area (Å²) in [4.78, 5) is 29.3. The third kappa shape index (κ3) is 4.72. The first-order valence-corrected chi connectivity index (χ1v) is 9.17. The van der Waals surface area contributed by atoms with Gasteiger partial charge in [0.1, 0.15) is 12.4 Å². The van der Waals surface area contributed by atoms with E-state index < -0.39 is 24.2 Å². The number of carbonyl (C=O) groups excluding carboxylic acids is 1. The van der Waals surface area contributed by atoms with Crippen molar-refractivity contribution in [2.24, 2.45) is 0 Å². The van der Waals surface area contributed by atoms with Gasteiger partial charge < -0.3 is 19.8 Å². The second-order valence-electron chi connectivity index (χ2n) is 6.67. The lowest BCUT2D eigenvalue weighted by Crippen LogP contribution is -2.46. The van der Waals surface area contributed by atoms with Gasteiger partial charge in [0.25, 0.3) is 5.91 Å². The van der Waals surface area contributed by atoms with Crippen molar-refractivity contribution in [3.63, 3.8) is 0 Å². The molecule has 0 spiro atoms. The van der Waals surface area contributed by atoms with Crippen LogP contribution in [0, 0.1) is 5.82 Å². The van der Waals surface area contributed by atoms with Gasteiger partial charge in [0, 0.05) is 37.8 Å². The summed E-state index contributed by atoms with van der Waals surface area (Å²) >= 11 is 0. The molecule has 0 saturated carbocycles. The van der Waals surface area contributed by atoms with E-state index in [1.165, 1.54) is 11.0 Å². The van der Waals surface area contributed by atoms with Crippen molar-refractivity contribution >= 4 is 17.6 Å². The van der Waals surface area contributed by atoms with Crippen LogP contribution in [0.15, 0.2) is 18.2 Å². The fourth-order valence-electron chi connectivity index (χ4n) is 3.16. The predicted octanol–water partition coefficient (Wildman–Crippen LogP) is 2.29. The monoisotopic (exact) mass is 365 g/mol. The zero-order valence-electron chi connectivity index (χ0n) is 15.7. The maximum Gasteiger partial charge on any atom is 0.323 e. The van der Waals surface area contributed by atoms with Gasteiger partial charge in [0.05, 0.1) is 5.69 Å². The molecule has 1 atom stereocenters. The zero-order chi connectivity index (χ0) is 19.3. The van der Waals surface area contributed by atoms with Crippen molar-refractivity contribution in [1.29, 1.82) is 0 Å². The number of halogens is 1. The van der Waals surface area contributed by atoms with E-state index in [0.29, 0.717) is 12.1 Å². The minimum Gasteiger partial charge on any atom is -0.480 e. The largest absolute Gasteiger partial charge is 0.480 e. The lowest BCUT2D eigenvalue weighted by atomic mass is 10.1. The van der Waals surface area contributed by atoms with Crippen molar-refractivity contribution in [3.05, 3.63) is 29.6 Å². The Bertz CT molecular complexity index is 645. The maximum atomic E-state index is 14.6. The molecule has 0 aliphatic carbocycles. The number of rotatable bonds is 7. The standard InChI is InChI=1S/C19H28FN3O3/c1-4-14(3)23(13-18(24)25)19(26)15-6-7-17(16(20)12-15)22-10-8-21(5-2)9-11-22/h6-7,12,14H,4-5,8-11,13H2,1-3H3,(H,24,25)/t14-/m0/s1. The minimum absolute atomic E-state index is 0.181. The maximum absolute atomic E-state index is 14.6. The van der Waals surface area contributed by atoms with Gasteiger partial charge in [0.2, 0.25) is 0 Å². The zero-order valence-corrected chi connectivity index (χ0v) is 15.7. The summed E-state index contributed by atoms with van der Waals surface area (Å²) in [6.07, 6.45) is 0.626. The van der Waals surface area contributed by atoms with E-state index >= 15 is 0 Å². The molecule has 6 nitrogen and oxygen atoms in total. The number of amides is 1. The number of carbonyl (C=O) groups is 2. The second-order valence-corrected chi connectivity index (χ2v) is 6.67. The van der Waals surface area contributed by atoms with Crippen molar-refractivity contribution in [2.45, 2.75) is 33.2 Å². The van der Waals surface area contributed by atoms with E-state index in [4.69, 9.17) is 5.11 Å². The topological polar surface area (TPSA) is 64.1 Å². The Balaban J connectivity index is 2.17. The van der Waals surface area contributed by atoms with Crippen LogP contribution in [0.1, 0.15) is 37.6 Å². The first-order chi connectivity index (χ1) is 12.4. The molecule has 2 rings (SSSR count). The number of carboxylic acid groups (broad SMARTS) is 1. The summed E-state index contributed by atoms with van der Waals surface area (Å²) in [7, 11) is 0. The molecule has 144 valence electrons. The van der Waals surface area contributed by atoms with E-state index in [1.807, 2.05) is 11.8 Å². The fourth-order valence-corrected chi connectivity index (χ4v) is 3.16. The minimum atomic E-state index is -1.08. The molecule has 1 aromatic rings. The van der Waals surface area contributed by atoms with Crippen molar-refractivity contribution in [1.82, 2.24) is 9.80 Å². The van der Waals surface area contributed by atoms with E-state index in [2.05, 4.69) is 11.8 Å². The molecule has 1 N–H and O–H groups in total. The average molecular weight is 365 g/mol. The lowest BCUT2D eigenvalue weighted by Gasteiger charge is -2.35. The average Bonchev–Trinajstić information content (AvgIpc) is 2.64. The van der Waals surface area contributed by atoms with Gasteiger partial charge in [-0.2, -0.15) is 0 Å². The first-order valence-electron chi connectivity index (χ1n) is 9.17. The highest BCUT2D eigenvalue weighted by Gasteiger charge is 2.25. The number of hydrogen-bond acceptors (Lipinski definition) is 4. The quantitative estimate of drug-likeness (QED) is 0.803. The number of anilines is 1. The highest BCUT2D eigenvalue weighted by molar-refractivity contribution is 5.96. The van der Waals surface area contributed by atoms with Crippen LogP contribution in [-0.2, 0) is 4.79 Å². The molecule has 1 saturated heterocycles. The van der Waals surface area contributed by atoms with E-state index in [-0.39, 0.29) is 11.6 Å². The Kier molecular flexibility index (Phi) is 6.97. The first kappa shape index (κ1) is 20.2. The van der Waals surface area contributed by atoms with Gasteiger partial charge in [-0.05, 0) is 38.1 Å². The predicted molar refractivity (Wildman–Crippen MR) is 99.2 cm³/mol. The number of hydrogen-bond donors (Lipinski definition) is 1. The number of piperazine rings is 1. The van der Waals surface area contributed by atoms with Crippen LogP contribution in [0.2, 0.25) is 0 Å². The molecular formula is C19H28FN3O3. The molecule has 1 fully saturated rings. The van der Waals surface area contributed by atoms with E-state index in [0.717, 1.165) is 32.7 Å². The van der Waals surface area contributed by atoms with Gasteiger partial charge >= 0.3 is 5.97 Å². The van der Waals surface area contributed by atoms with Crippen LogP contribution in [0.5, 0.6) is 0 Å². The van der Waals surface area contributed by atoms with Crippen LogP contribution in [0.25, 0.3) is 0 Å². The van der Waals surface area contributed by atoms with Crippen molar-refractivity contribution < 1.29 is 19.1 Å². The van der Waals surface area contributed by atoms with E-state index in [9.17, 15) is 14.0 Å². The number of carboxylic acids is 1. The van der Waals surface area contributed by atoms with Gasteiger partial charge in [0.15, 0.2) is 0 Å². The highest BCUT2D eigenvalue weighted by Crippen LogP contribution is 2.23. The Morgan fingerprint density at radius 2 is 1.88 bits per heavy atom. The third-order valence-corrected chi connectivity index (χ3v) is 5.04. The number of likely N-dealkylation sites (N-methyl/N-ethyl adjacent to an activating group) is 1. The molecule has 1 aliphatic heterocycles. The van der Waals surface area contributed by atoms with Gasteiger partial charge in [-0.25, -0.2) is 4.39 Å². The third-order valence-electron chi connectivity index (χ3n) is 5.04. The van der Waals surface area contributed by atoms with Gasteiger partial charge in [-0.3, -0.25) is 9.59 Å². The van der Waals surface area contributed by atoms with Gasteiger partial charge in [-0.15, -0.1) is 0 Å². The molecule has 26 heavy (non-hydrogen) atoms. The van der Waals surface area contributed by atoms with Crippen LogP contribution >= 0.6 is 0 Å². The molecule has 1 aromatic carbocycles. The molecule has 1 aliphatic rings. The van der Waals surface area contributed by atoms with Crippen LogP contribution < -0.4 is 4.90 Å². The molecule has 0 bridgehead atoms. The van der Waals surface area contributed by atoms with Crippen molar-refractivity contribution in [2.75, 3.05) is 44.2 Å². The lowest BCUT2D eigenvalue weighted by molar-refractivity contribution is -0.138. The van der Waals surface area contributed by atoms with Crippen molar-refractivity contribution in [3.8, 4) is 0 Å². The summed E-state index contributed by atoms with van der Waals surface area (Å²) < 4.78 is 14.6. The Morgan fingerprint density at radius 3 is 2.38 bits per heavy atom. The Hall–Kier alpha value is -2.15. The SMILES string of the molecule is CC[C@H](C)N(CC(=O)O)C(=O)c1ccc(N2CCN(CC)CC2)c(F)c1. The fraction of sp³-hybridized carbons (Fsp3) is 0.579. The molecule has 1 amide bonds. The highest BCUT2D eigenvalue weighted by atomic mass is 19.1. The van der Waals surface area contributed by atoms with Crippen LogP contribution in [-0.4, -0.2) is 72.1 Å². The van der Waals surface area contributed by atoms with Crippen LogP contribution in [0.4, 0.5) is 10.1 Å². The van der Waals surface area contributed by atoms with E-state index in [1.54, 1.807) is 19.1 Å². The van der Waals surface area contributed by atoms with Crippen LogP contribution in [0.3, 0.4) is 0 Å². The molecule has 0 radical (unpaired) electrons. The summed E-state index contributed by atoms with van der Waals surface area (Å²) in [5.41, 5.74) is 0.672. The summed E-state index contributed by atoms with van der Waals surface area (Å²) in [6.45, 7) is 9.64. The number of benzene rings is 1. The summed E-state index contributed by atoms with van der Waals surface area (Å²) in [6, 6.07) is 4.20. The Morgan fingerprint density at radius 1 is 1.23 bits per heavy atom. The Labute approximate surface area is 154 Å². The molecule has 1 heterocycles. The number of nitrogens with zero attached hydrogens (tertiary/aromatic N) is 3. The summed E-state index contributed by atoms with van der Waals surface area (Å²) in [5.74, 6) is -1.98.